The maximum Gasteiger partial charge on any atom is 0.284 e. The molecule has 0 fully saturated rings. The molecule has 1 amide bonds. The summed E-state index contributed by atoms with van der Waals surface area (Å²) in [7, 11) is 0. The number of thioether (sulfide) groups is 1. The molecule has 0 bridgehead atoms. The van der Waals surface area contributed by atoms with Gasteiger partial charge >= 0.3 is 0 Å². The van der Waals surface area contributed by atoms with Crippen LogP contribution in [0.3, 0.4) is 0 Å². The maximum atomic E-state index is 12.9. The number of nitrogens with zero attached hydrogens (tertiary/aromatic N) is 3. The second-order valence-corrected chi connectivity index (χ2v) is 7.12. The van der Waals surface area contributed by atoms with Gasteiger partial charge in [0.1, 0.15) is 0 Å². The Kier molecular flexibility index (Phi) is 4.31. The molecule has 0 radical (unpaired) electrons. The molecular weight excluding hydrogens is 338 g/mol. The Labute approximate surface area is 149 Å². The minimum atomic E-state index is -0.323. The summed E-state index contributed by atoms with van der Waals surface area (Å²) < 4.78 is 10.8. The van der Waals surface area contributed by atoms with Gasteiger partial charge in [-0.3, -0.25) is 4.79 Å². The molecule has 3 heterocycles. The highest BCUT2D eigenvalue weighted by molar-refractivity contribution is 8.00. The number of aromatic nitrogens is 2. The van der Waals surface area contributed by atoms with Crippen LogP contribution < -0.4 is 4.90 Å². The summed E-state index contributed by atoms with van der Waals surface area (Å²) in [4.78, 5) is 14.8. The molecule has 7 heteroatoms. The highest BCUT2D eigenvalue weighted by Gasteiger charge is 2.28. The molecule has 25 heavy (non-hydrogen) atoms. The van der Waals surface area contributed by atoms with Gasteiger partial charge < -0.3 is 13.7 Å². The van der Waals surface area contributed by atoms with Gasteiger partial charge in [-0.2, -0.15) is 0 Å². The number of fused-ring (bicyclic) bond motifs is 1. The largest absolute Gasteiger partial charge is 0.459 e. The quantitative estimate of drug-likeness (QED) is 0.663. The van der Waals surface area contributed by atoms with Crippen molar-refractivity contribution in [1.82, 2.24) is 10.2 Å². The zero-order chi connectivity index (χ0) is 17.2. The molecule has 1 aliphatic heterocycles. The van der Waals surface area contributed by atoms with Crippen LogP contribution in [0, 0.1) is 0 Å². The molecule has 0 saturated heterocycles. The molecule has 128 valence electrons. The van der Waals surface area contributed by atoms with E-state index in [0.29, 0.717) is 16.9 Å². The Bertz CT molecular complexity index is 875. The Morgan fingerprint density at radius 1 is 1.24 bits per heavy atom. The van der Waals surface area contributed by atoms with E-state index in [2.05, 4.69) is 16.3 Å². The van der Waals surface area contributed by atoms with Crippen molar-refractivity contribution in [3.63, 3.8) is 0 Å². The van der Waals surface area contributed by atoms with Crippen LogP contribution in [-0.2, 0) is 11.2 Å². The number of anilines is 1. The Morgan fingerprint density at radius 3 is 2.96 bits per heavy atom. The minimum absolute atomic E-state index is 0.0508. The van der Waals surface area contributed by atoms with Crippen molar-refractivity contribution in [1.29, 1.82) is 0 Å². The molecule has 0 aliphatic carbocycles. The lowest BCUT2D eigenvalue weighted by molar-refractivity contribution is -0.117. The SMILES string of the molecule is CC(Sc1nnc(-c2ccco2)o1)C(=O)N1CCCc2ccccc21. The van der Waals surface area contributed by atoms with Crippen LogP contribution in [0.2, 0.25) is 0 Å². The molecule has 3 aromatic rings. The van der Waals surface area contributed by atoms with E-state index >= 15 is 0 Å². The summed E-state index contributed by atoms with van der Waals surface area (Å²) in [6.45, 7) is 2.60. The van der Waals surface area contributed by atoms with Gasteiger partial charge in [-0.15, -0.1) is 10.2 Å². The summed E-state index contributed by atoms with van der Waals surface area (Å²) in [6.07, 6.45) is 3.54. The Morgan fingerprint density at radius 2 is 2.12 bits per heavy atom. The van der Waals surface area contributed by atoms with Crippen molar-refractivity contribution in [3.8, 4) is 11.7 Å². The van der Waals surface area contributed by atoms with Gasteiger partial charge in [-0.1, -0.05) is 30.0 Å². The molecule has 1 aliphatic rings. The number of amides is 1. The first-order chi connectivity index (χ1) is 12.2. The average Bonchev–Trinajstić information content (AvgIpc) is 3.32. The van der Waals surface area contributed by atoms with Crippen molar-refractivity contribution < 1.29 is 13.6 Å². The van der Waals surface area contributed by atoms with Gasteiger partial charge in [0.15, 0.2) is 5.76 Å². The fraction of sp³-hybridized carbons (Fsp3) is 0.278. The van der Waals surface area contributed by atoms with Crippen LogP contribution in [0.4, 0.5) is 5.69 Å². The normalized spacial score (nSPS) is 15.0. The fourth-order valence-electron chi connectivity index (χ4n) is 2.94. The smallest absolute Gasteiger partial charge is 0.284 e. The molecule has 1 atom stereocenters. The van der Waals surface area contributed by atoms with Crippen LogP contribution in [-0.4, -0.2) is 27.9 Å². The summed E-state index contributed by atoms with van der Waals surface area (Å²) in [5.41, 5.74) is 2.23. The van der Waals surface area contributed by atoms with Crippen LogP contribution in [0.1, 0.15) is 18.9 Å². The van der Waals surface area contributed by atoms with Crippen LogP contribution in [0.15, 0.2) is 56.7 Å². The molecule has 2 aromatic heterocycles. The third kappa shape index (κ3) is 3.19. The topological polar surface area (TPSA) is 72.4 Å². The molecule has 6 nitrogen and oxygen atoms in total. The van der Waals surface area contributed by atoms with Gasteiger partial charge in [0.2, 0.25) is 5.91 Å². The van der Waals surface area contributed by atoms with Gasteiger partial charge in [-0.25, -0.2) is 0 Å². The lowest BCUT2D eigenvalue weighted by Gasteiger charge is -2.31. The summed E-state index contributed by atoms with van der Waals surface area (Å²) in [6, 6.07) is 11.6. The van der Waals surface area contributed by atoms with E-state index in [0.717, 1.165) is 25.1 Å². The lowest BCUT2D eigenvalue weighted by Crippen LogP contribution is -2.40. The summed E-state index contributed by atoms with van der Waals surface area (Å²) in [5, 5.41) is 8.00. The highest BCUT2D eigenvalue weighted by atomic mass is 32.2. The Balaban J connectivity index is 1.48. The maximum absolute atomic E-state index is 12.9. The number of hydrogen-bond donors (Lipinski definition) is 0. The first-order valence-electron chi connectivity index (χ1n) is 8.15. The van der Waals surface area contributed by atoms with Crippen LogP contribution in [0.25, 0.3) is 11.7 Å². The molecule has 0 saturated carbocycles. The van der Waals surface area contributed by atoms with E-state index in [4.69, 9.17) is 8.83 Å². The first kappa shape index (κ1) is 16.0. The zero-order valence-electron chi connectivity index (χ0n) is 13.7. The van der Waals surface area contributed by atoms with Crippen molar-refractivity contribution in [2.75, 3.05) is 11.4 Å². The molecule has 1 aromatic carbocycles. The summed E-state index contributed by atoms with van der Waals surface area (Å²) >= 11 is 1.26. The third-order valence-corrected chi connectivity index (χ3v) is 5.06. The molecule has 0 N–H and O–H groups in total. The van der Waals surface area contributed by atoms with E-state index in [-0.39, 0.29) is 11.2 Å². The number of benzene rings is 1. The minimum Gasteiger partial charge on any atom is -0.459 e. The van der Waals surface area contributed by atoms with Crippen molar-refractivity contribution in [3.05, 3.63) is 48.2 Å². The predicted molar refractivity (Wildman–Crippen MR) is 94.4 cm³/mol. The van der Waals surface area contributed by atoms with E-state index in [9.17, 15) is 4.79 Å². The third-order valence-electron chi connectivity index (χ3n) is 4.14. The van der Waals surface area contributed by atoms with Gasteiger partial charge in [-0.05, 0) is 43.5 Å². The molecule has 1 unspecified atom stereocenters. The van der Waals surface area contributed by atoms with E-state index in [1.807, 2.05) is 30.0 Å². The first-order valence-corrected chi connectivity index (χ1v) is 9.03. The predicted octanol–water partition coefficient (Wildman–Crippen LogP) is 3.79. The number of rotatable bonds is 4. The number of aryl methyl sites for hydroxylation is 1. The summed E-state index contributed by atoms with van der Waals surface area (Å²) in [5.74, 6) is 0.883. The standard InChI is InChI=1S/C18H17N3O3S/c1-12(25-18-20-19-16(24-18)15-9-5-11-23-15)17(22)21-10-4-7-13-6-2-3-8-14(13)21/h2-3,5-6,8-9,11-12H,4,7,10H2,1H3. The molecule has 0 spiro atoms. The number of hydrogen-bond acceptors (Lipinski definition) is 6. The van der Waals surface area contributed by atoms with Crippen LogP contribution in [0.5, 0.6) is 0 Å². The van der Waals surface area contributed by atoms with E-state index in [1.165, 1.54) is 17.3 Å². The number of carbonyl (C=O) groups excluding carboxylic acids is 1. The number of furan rings is 1. The van der Waals surface area contributed by atoms with Gasteiger partial charge in [0.25, 0.3) is 11.1 Å². The number of carbonyl (C=O) groups is 1. The van der Waals surface area contributed by atoms with E-state index in [1.54, 1.807) is 18.4 Å². The lowest BCUT2D eigenvalue weighted by atomic mass is 10.0. The average molecular weight is 355 g/mol. The Hall–Kier alpha value is -2.54. The van der Waals surface area contributed by atoms with Crippen molar-refractivity contribution in [2.24, 2.45) is 0 Å². The van der Waals surface area contributed by atoms with Crippen molar-refractivity contribution >= 4 is 23.4 Å². The molecular formula is C18H17N3O3S. The number of para-hydroxylation sites is 1. The monoisotopic (exact) mass is 355 g/mol. The van der Waals surface area contributed by atoms with E-state index < -0.39 is 0 Å². The molecule has 4 rings (SSSR count). The van der Waals surface area contributed by atoms with Gasteiger partial charge in [0.05, 0.1) is 11.5 Å². The zero-order valence-corrected chi connectivity index (χ0v) is 14.5. The van der Waals surface area contributed by atoms with Crippen LogP contribution >= 0.6 is 11.8 Å². The second-order valence-electron chi connectivity index (χ2n) is 5.83. The van der Waals surface area contributed by atoms with Gasteiger partial charge in [0, 0.05) is 12.2 Å². The fourth-order valence-corrected chi connectivity index (χ4v) is 3.69. The highest BCUT2D eigenvalue weighted by Crippen LogP contribution is 2.31. The van der Waals surface area contributed by atoms with Crippen molar-refractivity contribution in [2.45, 2.75) is 30.2 Å². The second kappa shape index (κ2) is 6.76.